The molecule has 1 atom stereocenters. The van der Waals surface area contributed by atoms with E-state index in [9.17, 15) is 9.18 Å². The molecule has 4 aromatic rings. The van der Waals surface area contributed by atoms with Crippen molar-refractivity contribution in [2.75, 3.05) is 6.61 Å². The summed E-state index contributed by atoms with van der Waals surface area (Å²) in [4.78, 5) is 16.9. The Kier molecular flexibility index (Phi) is 5.66. The Labute approximate surface area is 179 Å². The number of nitrogens with one attached hydrogen (secondary N) is 1. The highest BCUT2D eigenvalue weighted by molar-refractivity contribution is 5.84. The van der Waals surface area contributed by atoms with E-state index < -0.39 is 0 Å². The van der Waals surface area contributed by atoms with Gasteiger partial charge in [-0.3, -0.25) is 4.79 Å². The lowest BCUT2D eigenvalue weighted by Gasteiger charge is -2.14. The van der Waals surface area contributed by atoms with Crippen LogP contribution >= 0.6 is 0 Å². The fourth-order valence-electron chi connectivity index (χ4n) is 3.58. The number of fused-ring (bicyclic) bond motifs is 1. The number of carbonyl (C=O) groups is 1. The molecule has 1 unspecified atom stereocenters. The van der Waals surface area contributed by atoms with E-state index in [1.165, 1.54) is 12.1 Å². The Morgan fingerprint density at radius 3 is 2.65 bits per heavy atom. The molecule has 0 aliphatic heterocycles. The molecular weight excluding hydrogens is 395 g/mol. The molecule has 0 saturated heterocycles. The van der Waals surface area contributed by atoms with Gasteiger partial charge in [0, 0.05) is 11.5 Å². The van der Waals surface area contributed by atoms with E-state index >= 15 is 0 Å². The molecule has 6 nitrogen and oxygen atoms in total. The van der Waals surface area contributed by atoms with Crippen molar-refractivity contribution < 1.29 is 13.9 Å². The van der Waals surface area contributed by atoms with Gasteiger partial charge in [-0.1, -0.05) is 36.4 Å². The zero-order valence-corrected chi connectivity index (χ0v) is 17.6. The number of halogens is 1. The van der Waals surface area contributed by atoms with Gasteiger partial charge < -0.3 is 10.1 Å². The van der Waals surface area contributed by atoms with Gasteiger partial charge in [-0.15, -0.1) is 0 Å². The number of nitrogens with zero attached hydrogens (tertiary/aromatic N) is 3. The summed E-state index contributed by atoms with van der Waals surface area (Å²) < 4.78 is 21.0. The summed E-state index contributed by atoms with van der Waals surface area (Å²) in [7, 11) is 0. The van der Waals surface area contributed by atoms with Crippen LogP contribution < -0.4 is 10.1 Å². The average Bonchev–Trinajstić information content (AvgIpc) is 3.10. The maximum atomic E-state index is 13.7. The van der Waals surface area contributed by atoms with Gasteiger partial charge in [0.05, 0.1) is 17.4 Å². The number of aryl methyl sites for hydroxylation is 2. The first kappa shape index (κ1) is 20.5. The summed E-state index contributed by atoms with van der Waals surface area (Å²) in [5.41, 5.74) is 3.83. The van der Waals surface area contributed by atoms with Gasteiger partial charge in [0.15, 0.2) is 12.3 Å². The molecule has 1 N–H and O–H groups in total. The van der Waals surface area contributed by atoms with Crippen molar-refractivity contribution in [3.8, 4) is 11.6 Å². The first-order chi connectivity index (χ1) is 14.9. The third-order valence-corrected chi connectivity index (χ3v) is 5.07. The molecule has 2 aromatic carbocycles. The second kappa shape index (κ2) is 8.55. The van der Waals surface area contributed by atoms with Crippen LogP contribution in [-0.2, 0) is 4.79 Å². The molecule has 0 aliphatic rings. The van der Waals surface area contributed by atoms with Crippen LogP contribution in [0.2, 0.25) is 0 Å². The summed E-state index contributed by atoms with van der Waals surface area (Å²) in [5, 5.41) is 8.31. The summed E-state index contributed by atoms with van der Waals surface area (Å²) in [5.74, 6) is -0.289. The topological polar surface area (TPSA) is 69.0 Å². The standard InChI is InChI=1S/C24H23FN4O2/c1-15-12-22(31-14-21(30)26-16(2)18-8-5-4-6-9-18)27-24-23(15)17(3)28-29(24)20-11-7-10-19(25)13-20/h4-13,16H,14H2,1-3H3,(H,26,30). The predicted octanol–water partition coefficient (Wildman–Crippen LogP) is 4.43. The number of hydrogen-bond donors (Lipinski definition) is 1. The molecule has 0 saturated carbocycles. The monoisotopic (exact) mass is 418 g/mol. The first-order valence-electron chi connectivity index (χ1n) is 10.0. The van der Waals surface area contributed by atoms with Crippen molar-refractivity contribution in [3.05, 3.63) is 83.3 Å². The maximum absolute atomic E-state index is 13.7. The first-order valence-corrected chi connectivity index (χ1v) is 10.0. The van der Waals surface area contributed by atoms with Crippen LogP contribution in [0.15, 0.2) is 60.7 Å². The van der Waals surface area contributed by atoms with Gasteiger partial charge >= 0.3 is 0 Å². The van der Waals surface area contributed by atoms with E-state index in [-0.39, 0.29) is 24.4 Å². The largest absolute Gasteiger partial charge is 0.468 e. The molecule has 0 radical (unpaired) electrons. The van der Waals surface area contributed by atoms with Gasteiger partial charge in [-0.05, 0) is 50.1 Å². The molecular formula is C24H23FN4O2. The Balaban J connectivity index is 1.54. The number of ether oxygens (including phenoxy) is 1. The van der Waals surface area contributed by atoms with Crippen molar-refractivity contribution >= 4 is 16.9 Å². The van der Waals surface area contributed by atoms with Crippen LogP contribution in [0.5, 0.6) is 5.88 Å². The van der Waals surface area contributed by atoms with Crippen LogP contribution in [0, 0.1) is 19.7 Å². The highest BCUT2D eigenvalue weighted by Gasteiger charge is 2.16. The molecule has 4 rings (SSSR count). The zero-order chi connectivity index (χ0) is 22.0. The van der Waals surface area contributed by atoms with Crippen molar-refractivity contribution in [3.63, 3.8) is 0 Å². The van der Waals surface area contributed by atoms with Crippen molar-refractivity contribution in [1.29, 1.82) is 0 Å². The SMILES string of the molecule is Cc1cc(OCC(=O)NC(C)c2ccccc2)nc2c1c(C)nn2-c1cccc(F)c1. The molecule has 158 valence electrons. The van der Waals surface area contributed by atoms with Gasteiger partial charge in [0.25, 0.3) is 5.91 Å². The number of benzene rings is 2. The molecule has 2 heterocycles. The molecule has 0 fully saturated rings. The number of pyridine rings is 1. The fourth-order valence-corrected chi connectivity index (χ4v) is 3.58. The summed E-state index contributed by atoms with van der Waals surface area (Å²) in [6.07, 6.45) is 0. The number of amides is 1. The van der Waals surface area contributed by atoms with Crippen molar-refractivity contribution in [2.24, 2.45) is 0 Å². The Bertz CT molecular complexity index is 1240. The van der Waals surface area contributed by atoms with Crippen LogP contribution in [-0.4, -0.2) is 27.3 Å². The molecule has 7 heteroatoms. The Morgan fingerprint density at radius 1 is 1.13 bits per heavy atom. The van der Waals surface area contributed by atoms with Crippen LogP contribution in [0.4, 0.5) is 4.39 Å². The van der Waals surface area contributed by atoms with Crippen LogP contribution in [0.25, 0.3) is 16.7 Å². The lowest BCUT2D eigenvalue weighted by Crippen LogP contribution is -2.31. The Hall–Kier alpha value is -3.74. The lowest BCUT2D eigenvalue weighted by atomic mass is 10.1. The van der Waals surface area contributed by atoms with E-state index in [1.807, 2.05) is 51.1 Å². The highest BCUT2D eigenvalue weighted by atomic mass is 19.1. The zero-order valence-electron chi connectivity index (χ0n) is 17.6. The van der Waals surface area contributed by atoms with Gasteiger partial charge in [0.1, 0.15) is 5.82 Å². The molecule has 0 aliphatic carbocycles. The minimum atomic E-state index is -0.355. The number of aromatic nitrogens is 3. The van der Waals surface area contributed by atoms with E-state index in [0.29, 0.717) is 17.2 Å². The molecule has 2 aromatic heterocycles. The second-order valence-corrected chi connectivity index (χ2v) is 7.44. The second-order valence-electron chi connectivity index (χ2n) is 7.44. The molecule has 0 bridgehead atoms. The smallest absolute Gasteiger partial charge is 0.258 e. The predicted molar refractivity (Wildman–Crippen MR) is 117 cm³/mol. The summed E-state index contributed by atoms with van der Waals surface area (Å²) in [6.45, 7) is 5.56. The molecule has 1 amide bonds. The van der Waals surface area contributed by atoms with Crippen molar-refractivity contribution in [2.45, 2.75) is 26.8 Å². The average molecular weight is 418 g/mol. The Morgan fingerprint density at radius 2 is 1.90 bits per heavy atom. The van der Waals surface area contributed by atoms with Crippen LogP contribution in [0.1, 0.15) is 29.8 Å². The minimum Gasteiger partial charge on any atom is -0.468 e. The third kappa shape index (κ3) is 4.40. The van der Waals surface area contributed by atoms with Crippen LogP contribution in [0.3, 0.4) is 0 Å². The normalized spacial score (nSPS) is 12.0. The van der Waals surface area contributed by atoms with Gasteiger partial charge in [-0.25, -0.2) is 9.07 Å². The fraction of sp³-hybridized carbons (Fsp3) is 0.208. The maximum Gasteiger partial charge on any atom is 0.258 e. The molecule has 0 spiro atoms. The van der Waals surface area contributed by atoms with E-state index in [2.05, 4.69) is 15.4 Å². The number of carbonyl (C=O) groups excluding carboxylic acids is 1. The molecule has 31 heavy (non-hydrogen) atoms. The quantitative estimate of drug-likeness (QED) is 0.503. The van der Waals surface area contributed by atoms with Gasteiger partial charge in [0.2, 0.25) is 5.88 Å². The third-order valence-electron chi connectivity index (χ3n) is 5.07. The van der Waals surface area contributed by atoms with E-state index in [4.69, 9.17) is 4.74 Å². The minimum absolute atomic E-state index is 0.133. The van der Waals surface area contributed by atoms with Gasteiger partial charge in [-0.2, -0.15) is 10.1 Å². The summed E-state index contributed by atoms with van der Waals surface area (Å²) in [6, 6.07) is 17.5. The number of rotatable bonds is 6. The highest BCUT2D eigenvalue weighted by Crippen LogP contribution is 2.27. The van der Waals surface area contributed by atoms with Crippen molar-refractivity contribution in [1.82, 2.24) is 20.1 Å². The van der Waals surface area contributed by atoms with E-state index in [1.54, 1.807) is 22.9 Å². The summed E-state index contributed by atoms with van der Waals surface area (Å²) >= 11 is 0. The number of hydrogen-bond acceptors (Lipinski definition) is 4. The van der Waals surface area contributed by atoms with E-state index in [0.717, 1.165) is 22.2 Å². The lowest BCUT2D eigenvalue weighted by molar-refractivity contribution is -0.123.